The van der Waals surface area contributed by atoms with Crippen LogP contribution >= 0.6 is 0 Å². The van der Waals surface area contributed by atoms with Crippen LogP contribution in [0.5, 0.6) is 5.75 Å². The number of rotatable bonds is 5. The zero-order chi connectivity index (χ0) is 15.6. The monoisotopic (exact) mass is 287 g/mol. The van der Waals surface area contributed by atoms with Crippen molar-refractivity contribution in [1.29, 1.82) is 0 Å². The van der Waals surface area contributed by atoms with Crippen LogP contribution in [0.3, 0.4) is 0 Å². The number of ketones is 1. The first-order valence-electron chi connectivity index (χ1n) is 7.03. The van der Waals surface area contributed by atoms with E-state index in [0.29, 0.717) is 5.69 Å². The van der Waals surface area contributed by atoms with E-state index in [4.69, 9.17) is 4.74 Å². The van der Waals surface area contributed by atoms with Gasteiger partial charge in [-0.05, 0) is 26.3 Å². The SMILES string of the molecule is CCc1cc(C(=O)Cc2ncc(C)c(OC)c2C)n(C)n1. The van der Waals surface area contributed by atoms with E-state index in [2.05, 4.69) is 10.1 Å². The molecule has 0 N–H and O–H groups in total. The number of hydrogen-bond donors (Lipinski definition) is 0. The second-order valence-corrected chi connectivity index (χ2v) is 5.14. The van der Waals surface area contributed by atoms with E-state index in [1.165, 1.54) is 0 Å². The van der Waals surface area contributed by atoms with Crippen LogP contribution in [0, 0.1) is 13.8 Å². The second kappa shape index (κ2) is 6.08. The predicted molar refractivity (Wildman–Crippen MR) is 80.9 cm³/mol. The molecular formula is C16H21N3O2. The number of Topliss-reactive ketones (excluding diaryl/α,β-unsaturated/α-hetero) is 1. The molecule has 21 heavy (non-hydrogen) atoms. The van der Waals surface area contributed by atoms with Crippen LogP contribution < -0.4 is 4.74 Å². The van der Waals surface area contributed by atoms with Gasteiger partial charge in [-0.25, -0.2) is 0 Å². The van der Waals surface area contributed by atoms with Crippen LogP contribution in [-0.4, -0.2) is 27.7 Å². The lowest BCUT2D eigenvalue weighted by Gasteiger charge is -2.11. The molecule has 0 unspecified atom stereocenters. The minimum absolute atomic E-state index is 0.0196. The van der Waals surface area contributed by atoms with E-state index in [1.807, 2.05) is 26.8 Å². The molecule has 5 nitrogen and oxygen atoms in total. The third-order valence-electron chi connectivity index (χ3n) is 3.66. The summed E-state index contributed by atoms with van der Waals surface area (Å²) in [4.78, 5) is 16.8. The van der Waals surface area contributed by atoms with E-state index in [9.17, 15) is 4.79 Å². The molecule has 0 aliphatic rings. The van der Waals surface area contributed by atoms with Gasteiger partial charge in [0, 0.05) is 24.4 Å². The van der Waals surface area contributed by atoms with Crippen molar-refractivity contribution in [1.82, 2.24) is 14.8 Å². The van der Waals surface area contributed by atoms with Crippen LogP contribution in [0.2, 0.25) is 0 Å². The highest BCUT2D eigenvalue weighted by Gasteiger charge is 2.17. The number of hydrogen-bond acceptors (Lipinski definition) is 4. The number of aryl methyl sites for hydroxylation is 3. The maximum absolute atomic E-state index is 12.5. The smallest absolute Gasteiger partial charge is 0.186 e. The van der Waals surface area contributed by atoms with E-state index in [0.717, 1.165) is 34.7 Å². The molecule has 0 saturated heterocycles. The number of ether oxygens (including phenoxy) is 1. The van der Waals surface area contributed by atoms with E-state index in [-0.39, 0.29) is 12.2 Å². The lowest BCUT2D eigenvalue weighted by molar-refractivity contribution is 0.0982. The van der Waals surface area contributed by atoms with Gasteiger partial charge in [-0.15, -0.1) is 0 Å². The average Bonchev–Trinajstić information content (AvgIpc) is 2.84. The maximum Gasteiger partial charge on any atom is 0.186 e. The maximum atomic E-state index is 12.5. The first kappa shape index (κ1) is 15.2. The van der Waals surface area contributed by atoms with Crippen LogP contribution in [0.25, 0.3) is 0 Å². The van der Waals surface area contributed by atoms with Crippen molar-refractivity contribution >= 4 is 5.78 Å². The normalized spacial score (nSPS) is 10.7. The van der Waals surface area contributed by atoms with Gasteiger partial charge in [-0.2, -0.15) is 5.10 Å². The Balaban J connectivity index is 2.29. The number of pyridine rings is 1. The summed E-state index contributed by atoms with van der Waals surface area (Å²) < 4.78 is 7.02. The molecule has 2 heterocycles. The molecule has 0 atom stereocenters. The van der Waals surface area contributed by atoms with Crippen molar-refractivity contribution < 1.29 is 9.53 Å². The van der Waals surface area contributed by atoms with Gasteiger partial charge < -0.3 is 4.74 Å². The number of carbonyl (C=O) groups is 1. The van der Waals surface area contributed by atoms with Crippen molar-refractivity contribution in [2.24, 2.45) is 7.05 Å². The van der Waals surface area contributed by atoms with Crippen molar-refractivity contribution in [2.75, 3.05) is 7.11 Å². The Kier molecular flexibility index (Phi) is 4.40. The topological polar surface area (TPSA) is 57.0 Å². The van der Waals surface area contributed by atoms with Crippen molar-refractivity contribution in [3.63, 3.8) is 0 Å². The predicted octanol–water partition coefficient (Wildman–Crippen LogP) is 2.43. The first-order chi connectivity index (χ1) is 9.97. The van der Waals surface area contributed by atoms with Gasteiger partial charge in [0.05, 0.1) is 24.9 Å². The molecule has 0 aliphatic heterocycles. The summed E-state index contributed by atoms with van der Waals surface area (Å²) >= 11 is 0. The highest BCUT2D eigenvalue weighted by molar-refractivity contribution is 5.96. The van der Waals surface area contributed by atoms with Gasteiger partial charge in [0.2, 0.25) is 0 Å². The number of nitrogens with zero attached hydrogens (tertiary/aromatic N) is 3. The van der Waals surface area contributed by atoms with E-state index >= 15 is 0 Å². The molecule has 2 aromatic heterocycles. The molecule has 0 aliphatic carbocycles. The molecule has 0 amide bonds. The number of methoxy groups -OCH3 is 1. The lowest BCUT2D eigenvalue weighted by Crippen LogP contribution is -2.12. The molecule has 112 valence electrons. The Morgan fingerprint density at radius 1 is 1.38 bits per heavy atom. The molecule has 2 rings (SSSR count). The highest BCUT2D eigenvalue weighted by Crippen LogP contribution is 2.24. The lowest BCUT2D eigenvalue weighted by atomic mass is 10.0. The van der Waals surface area contributed by atoms with Crippen LogP contribution in [0.1, 0.15) is 39.9 Å². The summed E-state index contributed by atoms with van der Waals surface area (Å²) in [5, 5.41) is 4.31. The van der Waals surface area contributed by atoms with Gasteiger partial charge in [-0.1, -0.05) is 6.92 Å². The van der Waals surface area contributed by atoms with Crippen molar-refractivity contribution in [3.8, 4) is 5.75 Å². The van der Waals surface area contributed by atoms with Crippen LogP contribution in [0.4, 0.5) is 0 Å². The molecule has 0 radical (unpaired) electrons. The van der Waals surface area contributed by atoms with Crippen LogP contribution in [0.15, 0.2) is 12.3 Å². The molecule has 0 bridgehead atoms. The largest absolute Gasteiger partial charge is 0.496 e. The summed E-state index contributed by atoms with van der Waals surface area (Å²) in [6, 6.07) is 1.85. The molecule has 0 saturated carbocycles. The van der Waals surface area contributed by atoms with Gasteiger partial charge in [0.1, 0.15) is 11.4 Å². The fraction of sp³-hybridized carbons (Fsp3) is 0.438. The number of aromatic nitrogens is 3. The van der Waals surface area contributed by atoms with E-state index in [1.54, 1.807) is 25.0 Å². The second-order valence-electron chi connectivity index (χ2n) is 5.14. The van der Waals surface area contributed by atoms with Gasteiger partial charge in [-0.3, -0.25) is 14.5 Å². The van der Waals surface area contributed by atoms with Gasteiger partial charge >= 0.3 is 0 Å². The first-order valence-corrected chi connectivity index (χ1v) is 7.03. The molecule has 0 aromatic carbocycles. The third-order valence-corrected chi connectivity index (χ3v) is 3.66. The summed E-state index contributed by atoms with van der Waals surface area (Å²) in [5.74, 6) is 0.818. The Morgan fingerprint density at radius 3 is 2.67 bits per heavy atom. The third kappa shape index (κ3) is 2.96. The summed E-state index contributed by atoms with van der Waals surface area (Å²) in [7, 11) is 3.43. The Labute approximate surface area is 125 Å². The highest BCUT2D eigenvalue weighted by atomic mass is 16.5. The minimum atomic E-state index is 0.0196. The molecule has 5 heteroatoms. The van der Waals surface area contributed by atoms with Crippen molar-refractivity contribution in [3.05, 3.63) is 40.5 Å². The summed E-state index contributed by atoms with van der Waals surface area (Å²) in [5.41, 5.74) is 4.19. The molecule has 2 aromatic rings. The average molecular weight is 287 g/mol. The zero-order valence-electron chi connectivity index (χ0n) is 13.2. The zero-order valence-corrected chi connectivity index (χ0v) is 13.2. The Morgan fingerprint density at radius 2 is 2.10 bits per heavy atom. The van der Waals surface area contributed by atoms with Crippen molar-refractivity contribution in [2.45, 2.75) is 33.6 Å². The van der Waals surface area contributed by atoms with Gasteiger partial charge in [0.25, 0.3) is 0 Å². The molecule has 0 fully saturated rings. The summed E-state index contributed by atoms with van der Waals surface area (Å²) in [6.07, 6.45) is 2.82. The Hall–Kier alpha value is -2.17. The van der Waals surface area contributed by atoms with E-state index < -0.39 is 0 Å². The van der Waals surface area contributed by atoms with Gasteiger partial charge in [0.15, 0.2) is 5.78 Å². The van der Waals surface area contributed by atoms with Crippen LogP contribution in [-0.2, 0) is 19.9 Å². The minimum Gasteiger partial charge on any atom is -0.496 e. The number of carbonyl (C=O) groups excluding carboxylic acids is 1. The molecular weight excluding hydrogens is 266 g/mol. The standard InChI is InChI=1S/C16H21N3O2/c1-6-12-7-14(19(4)18-12)15(20)8-13-11(3)16(21-5)10(2)9-17-13/h7,9H,6,8H2,1-5H3. The summed E-state index contributed by atoms with van der Waals surface area (Å²) in [6.45, 7) is 5.90. The Bertz CT molecular complexity index is 674. The molecule has 0 spiro atoms. The fourth-order valence-electron chi connectivity index (χ4n) is 2.45. The fourth-order valence-corrected chi connectivity index (χ4v) is 2.45. The quantitative estimate of drug-likeness (QED) is 0.793.